The molecule has 0 N–H and O–H groups in total. The average molecular weight is 370 g/mol. The number of hydrogen-bond acceptors (Lipinski definition) is 5. The fourth-order valence-corrected chi connectivity index (χ4v) is 4.51. The number of hydrogen-bond donors (Lipinski definition) is 0. The summed E-state index contributed by atoms with van der Waals surface area (Å²) in [7, 11) is 2.60. The van der Waals surface area contributed by atoms with Gasteiger partial charge in [-0.15, -0.1) is 0 Å². The van der Waals surface area contributed by atoms with Gasteiger partial charge in [0.1, 0.15) is 11.5 Å². The second-order valence-electron chi connectivity index (χ2n) is 7.54. The Morgan fingerprint density at radius 1 is 1.04 bits per heavy atom. The van der Waals surface area contributed by atoms with Gasteiger partial charge in [-0.25, -0.2) is 0 Å². The summed E-state index contributed by atoms with van der Waals surface area (Å²) in [4.78, 5) is 25.0. The van der Waals surface area contributed by atoms with E-state index in [1.54, 1.807) is 0 Å². The first-order chi connectivity index (χ1) is 12.7. The second-order valence-corrected chi connectivity index (χ2v) is 7.54. The molecule has 0 radical (unpaired) electrons. The summed E-state index contributed by atoms with van der Waals surface area (Å²) in [5, 5.41) is 0. The van der Waals surface area contributed by atoms with E-state index in [1.165, 1.54) is 19.8 Å². The van der Waals surface area contributed by atoms with Gasteiger partial charge < -0.3 is 14.2 Å². The van der Waals surface area contributed by atoms with Crippen molar-refractivity contribution < 1.29 is 23.8 Å². The van der Waals surface area contributed by atoms with Gasteiger partial charge >= 0.3 is 11.9 Å². The minimum absolute atomic E-state index is 0.0629. The summed E-state index contributed by atoms with van der Waals surface area (Å²) in [5.41, 5.74) is 4.19. The molecule has 1 aliphatic heterocycles. The van der Waals surface area contributed by atoms with Crippen molar-refractivity contribution in [1.82, 2.24) is 0 Å². The third-order valence-electron chi connectivity index (χ3n) is 5.65. The van der Waals surface area contributed by atoms with Crippen LogP contribution in [0.1, 0.15) is 42.0 Å². The molecule has 1 fully saturated rings. The molecule has 144 valence electrons. The van der Waals surface area contributed by atoms with Crippen LogP contribution < -0.4 is 0 Å². The molecule has 27 heavy (non-hydrogen) atoms. The highest BCUT2D eigenvalue weighted by molar-refractivity contribution is 6.01. The molecule has 1 aromatic carbocycles. The minimum atomic E-state index is -1.31. The van der Waals surface area contributed by atoms with Crippen LogP contribution in [0, 0.1) is 32.1 Å². The quantitative estimate of drug-likeness (QED) is 0.594. The summed E-state index contributed by atoms with van der Waals surface area (Å²) in [6.07, 6.45) is 2.62. The SMILES string of the molecule is COC(=O)C1(C(=O)OC)CC2=C(C)OC(c3c(C)cc(C)cc3C)=C[C@@H]2C1. The molecule has 5 nitrogen and oxygen atoms in total. The van der Waals surface area contributed by atoms with Crippen LogP contribution in [0.2, 0.25) is 0 Å². The number of rotatable bonds is 3. The summed E-state index contributed by atoms with van der Waals surface area (Å²) >= 11 is 0. The first-order valence-electron chi connectivity index (χ1n) is 9.08. The predicted molar refractivity (Wildman–Crippen MR) is 102 cm³/mol. The Kier molecular flexibility index (Phi) is 4.89. The normalized spacial score (nSPS) is 20.5. The fraction of sp³-hybridized carbons (Fsp3) is 0.455. The van der Waals surface area contributed by atoms with Gasteiger partial charge in [-0.05, 0) is 63.3 Å². The van der Waals surface area contributed by atoms with Crippen LogP contribution in [0.5, 0.6) is 0 Å². The van der Waals surface area contributed by atoms with Gasteiger partial charge in [0, 0.05) is 11.5 Å². The van der Waals surface area contributed by atoms with E-state index < -0.39 is 17.4 Å². The van der Waals surface area contributed by atoms with Crippen LogP contribution in [-0.2, 0) is 23.8 Å². The molecule has 0 unspecified atom stereocenters. The van der Waals surface area contributed by atoms with Crippen LogP contribution in [0.25, 0.3) is 5.76 Å². The lowest BCUT2D eigenvalue weighted by Gasteiger charge is -2.24. The number of aryl methyl sites for hydroxylation is 3. The maximum atomic E-state index is 12.5. The van der Waals surface area contributed by atoms with E-state index >= 15 is 0 Å². The summed E-state index contributed by atoms with van der Waals surface area (Å²) in [6, 6.07) is 4.26. The van der Waals surface area contributed by atoms with E-state index in [9.17, 15) is 9.59 Å². The molecule has 1 heterocycles. The minimum Gasteiger partial charge on any atom is -0.468 e. The Hall–Kier alpha value is -2.56. The topological polar surface area (TPSA) is 61.8 Å². The van der Waals surface area contributed by atoms with Crippen molar-refractivity contribution >= 4 is 17.7 Å². The smallest absolute Gasteiger partial charge is 0.323 e. The summed E-state index contributed by atoms with van der Waals surface area (Å²) < 4.78 is 16.0. The van der Waals surface area contributed by atoms with Crippen molar-refractivity contribution in [2.75, 3.05) is 14.2 Å². The molecule has 1 aromatic rings. The molecule has 0 saturated heterocycles. The molecular formula is C22H26O5. The number of ether oxygens (including phenoxy) is 3. The van der Waals surface area contributed by atoms with E-state index in [2.05, 4.69) is 32.9 Å². The molecule has 5 heteroatoms. The van der Waals surface area contributed by atoms with Gasteiger partial charge in [0.05, 0.1) is 14.2 Å². The lowest BCUT2D eigenvalue weighted by Crippen LogP contribution is -2.39. The zero-order valence-corrected chi connectivity index (χ0v) is 16.8. The molecule has 1 saturated carbocycles. The highest BCUT2D eigenvalue weighted by Crippen LogP contribution is 2.52. The van der Waals surface area contributed by atoms with E-state index in [4.69, 9.17) is 14.2 Å². The number of esters is 2. The van der Waals surface area contributed by atoms with Gasteiger partial charge in [-0.1, -0.05) is 17.7 Å². The molecule has 1 atom stereocenters. The van der Waals surface area contributed by atoms with Crippen molar-refractivity contribution in [1.29, 1.82) is 0 Å². The fourth-order valence-electron chi connectivity index (χ4n) is 4.51. The van der Waals surface area contributed by atoms with Crippen LogP contribution in [0.4, 0.5) is 0 Å². The molecule has 0 bridgehead atoms. The zero-order chi connectivity index (χ0) is 19.9. The van der Waals surface area contributed by atoms with Crippen molar-refractivity contribution in [3.05, 3.63) is 51.8 Å². The molecule has 0 spiro atoms. The number of benzene rings is 1. The standard InChI is InChI=1S/C22H26O5/c1-12-7-13(2)19(14(3)8-12)18-9-16-10-22(20(23)25-5,21(24)26-6)11-17(16)15(4)27-18/h7-9,16H,10-11H2,1-6H3/t16-/m1/s1. The van der Waals surface area contributed by atoms with Crippen LogP contribution >= 0.6 is 0 Å². The Balaban J connectivity index is 2.05. The number of carbonyl (C=O) groups is 2. The van der Waals surface area contributed by atoms with Crippen molar-refractivity contribution in [3.8, 4) is 0 Å². The van der Waals surface area contributed by atoms with Gasteiger partial charge in [0.15, 0.2) is 5.41 Å². The number of allylic oxidation sites excluding steroid dienone is 3. The maximum absolute atomic E-state index is 12.5. The summed E-state index contributed by atoms with van der Waals surface area (Å²) in [6.45, 7) is 8.09. The predicted octanol–water partition coefficient (Wildman–Crippen LogP) is 4.00. The molecule has 1 aliphatic carbocycles. The van der Waals surface area contributed by atoms with Crippen LogP contribution in [0.3, 0.4) is 0 Å². The zero-order valence-electron chi connectivity index (χ0n) is 16.8. The Morgan fingerprint density at radius 2 is 1.59 bits per heavy atom. The monoisotopic (exact) mass is 370 g/mol. The number of carbonyl (C=O) groups excluding carboxylic acids is 2. The molecule has 0 amide bonds. The lowest BCUT2D eigenvalue weighted by molar-refractivity contribution is -0.168. The van der Waals surface area contributed by atoms with E-state index in [1.807, 2.05) is 13.0 Å². The molecule has 2 aliphatic rings. The van der Waals surface area contributed by atoms with E-state index in [0.29, 0.717) is 6.42 Å². The first kappa shape index (κ1) is 19.2. The van der Waals surface area contributed by atoms with Gasteiger partial charge in [-0.2, -0.15) is 0 Å². The first-order valence-corrected chi connectivity index (χ1v) is 9.08. The Bertz CT molecular complexity index is 836. The van der Waals surface area contributed by atoms with Gasteiger partial charge in [0.2, 0.25) is 0 Å². The van der Waals surface area contributed by atoms with E-state index in [0.717, 1.165) is 33.8 Å². The number of methoxy groups -OCH3 is 2. The van der Waals surface area contributed by atoms with Crippen molar-refractivity contribution in [2.24, 2.45) is 11.3 Å². The van der Waals surface area contributed by atoms with E-state index in [-0.39, 0.29) is 12.3 Å². The largest absolute Gasteiger partial charge is 0.468 e. The average Bonchev–Trinajstić information content (AvgIpc) is 3.01. The Morgan fingerprint density at radius 3 is 2.11 bits per heavy atom. The molecular weight excluding hydrogens is 344 g/mol. The van der Waals surface area contributed by atoms with Crippen molar-refractivity contribution in [3.63, 3.8) is 0 Å². The maximum Gasteiger partial charge on any atom is 0.323 e. The highest BCUT2D eigenvalue weighted by Gasteiger charge is 2.56. The Labute approximate surface area is 160 Å². The van der Waals surface area contributed by atoms with Crippen molar-refractivity contribution in [2.45, 2.75) is 40.5 Å². The molecule has 0 aromatic heterocycles. The number of fused-ring (bicyclic) bond motifs is 1. The highest BCUT2D eigenvalue weighted by atomic mass is 16.5. The van der Waals surface area contributed by atoms with Crippen LogP contribution in [0.15, 0.2) is 29.5 Å². The third kappa shape index (κ3) is 3.05. The third-order valence-corrected chi connectivity index (χ3v) is 5.65. The second kappa shape index (κ2) is 6.87. The van der Waals surface area contributed by atoms with Gasteiger partial charge in [0.25, 0.3) is 0 Å². The van der Waals surface area contributed by atoms with Crippen LogP contribution in [-0.4, -0.2) is 26.2 Å². The van der Waals surface area contributed by atoms with Gasteiger partial charge in [-0.3, -0.25) is 9.59 Å². The molecule has 3 rings (SSSR count). The lowest BCUT2D eigenvalue weighted by atomic mass is 9.85. The summed E-state index contributed by atoms with van der Waals surface area (Å²) in [5.74, 6) is 0.351.